The highest BCUT2D eigenvalue weighted by molar-refractivity contribution is 7.89. The number of sulfonamides is 1. The van der Waals surface area contributed by atoms with Crippen LogP contribution in [0.15, 0.2) is 70.0 Å². The van der Waals surface area contributed by atoms with Crippen LogP contribution >= 0.6 is 12.4 Å². The van der Waals surface area contributed by atoms with Crippen LogP contribution in [-0.2, 0) is 22.9 Å². The van der Waals surface area contributed by atoms with Gasteiger partial charge in [0.05, 0.1) is 4.90 Å². The highest BCUT2D eigenvalue weighted by Gasteiger charge is 2.32. The average molecular weight is 483 g/mol. The van der Waals surface area contributed by atoms with E-state index in [1.54, 1.807) is 23.8 Å². The molecule has 7 heteroatoms. The third kappa shape index (κ3) is 3.95. The van der Waals surface area contributed by atoms with E-state index in [1.165, 1.54) is 17.5 Å². The molecule has 2 heterocycles. The molecule has 0 spiro atoms. The molecule has 0 fully saturated rings. The molecule has 3 aromatic carbocycles. The van der Waals surface area contributed by atoms with Crippen molar-refractivity contribution in [3.05, 3.63) is 77.4 Å². The quantitative estimate of drug-likeness (QED) is 0.382. The van der Waals surface area contributed by atoms with Gasteiger partial charge < -0.3 is 4.42 Å². The molecule has 1 aliphatic heterocycles. The molecule has 4 aromatic rings. The molecule has 172 valence electrons. The predicted octanol–water partition coefficient (Wildman–Crippen LogP) is 5.22. The van der Waals surface area contributed by atoms with Crippen LogP contribution in [0, 0.1) is 0 Å². The van der Waals surface area contributed by atoms with Gasteiger partial charge in [0.2, 0.25) is 10.0 Å². The third-order valence-corrected chi connectivity index (χ3v) is 8.45. The lowest BCUT2D eigenvalue weighted by atomic mass is 9.93. The molecule has 1 unspecified atom stereocenters. The second kappa shape index (κ2) is 8.76. The Morgan fingerprint density at radius 3 is 2.61 bits per heavy atom. The van der Waals surface area contributed by atoms with Gasteiger partial charge in [-0.1, -0.05) is 36.4 Å². The van der Waals surface area contributed by atoms with Gasteiger partial charge in [-0.2, -0.15) is 0 Å². The lowest BCUT2D eigenvalue weighted by molar-refractivity contribution is 0.184. The van der Waals surface area contributed by atoms with E-state index in [2.05, 4.69) is 27.8 Å². The molecule has 0 amide bonds. The first-order chi connectivity index (χ1) is 15.6. The van der Waals surface area contributed by atoms with Gasteiger partial charge in [0.15, 0.2) is 0 Å². The number of aryl methyl sites for hydroxylation is 1. The van der Waals surface area contributed by atoms with E-state index < -0.39 is 10.0 Å². The Labute approximate surface area is 200 Å². The fourth-order valence-electron chi connectivity index (χ4n) is 5.46. The molecule has 1 atom stereocenters. The van der Waals surface area contributed by atoms with Crippen molar-refractivity contribution in [2.24, 2.45) is 0 Å². The SMILES string of the molecule is Cl.O=S(=O)(NCCCN1CCc2cccc3c2C1CC3)c1ccc2oc3ccccc3c2c1. The summed E-state index contributed by atoms with van der Waals surface area (Å²) in [5.41, 5.74) is 6.01. The first-order valence-corrected chi connectivity index (χ1v) is 12.8. The van der Waals surface area contributed by atoms with Crippen LogP contribution in [0.5, 0.6) is 0 Å². The van der Waals surface area contributed by atoms with E-state index in [9.17, 15) is 8.42 Å². The number of para-hydroxylation sites is 1. The van der Waals surface area contributed by atoms with Gasteiger partial charge in [0.25, 0.3) is 0 Å². The van der Waals surface area contributed by atoms with Gasteiger partial charge in [-0.3, -0.25) is 4.90 Å². The molecular formula is C26H27ClN2O3S. The monoisotopic (exact) mass is 482 g/mol. The number of furan rings is 1. The van der Waals surface area contributed by atoms with Gasteiger partial charge in [-0.05, 0) is 66.6 Å². The minimum Gasteiger partial charge on any atom is -0.456 e. The maximum absolute atomic E-state index is 12.9. The van der Waals surface area contributed by atoms with E-state index in [0.29, 0.717) is 18.2 Å². The van der Waals surface area contributed by atoms with Crippen LogP contribution in [0.4, 0.5) is 0 Å². The highest BCUT2D eigenvalue weighted by Crippen LogP contribution is 2.41. The summed E-state index contributed by atoms with van der Waals surface area (Å²) < 4.78 is 34.5. The lowest BCUT2D eigenvalue weighted by Gasteiger charge is -2.35. The summed E-state index contributed by atoms with van der Waals surface area (Å²) in [7, 11) is -3.57. The number of nitrogens with one attached hydrogen (secondary N) is 1. The molecule has 33 heavy (non-hydrogen) atoms. The number of nitrogens with zero attached hydrogens (tertiary/aromatic N) is 1. The normalized spacial score (nSPS) is 17.9. The van der Waals surface area contributed by atoms with E-state index in [-0.39, 0.29) is 17.3 Å². The summed E-state index contributed by atoms with van der Waals surface area (Å²) in [4.78, 5) is 2.82. The molecule has 1 aliphatic carbocycles. The van der Waals surface area contributed by atoms with E-state index >= 15 is 0 Å². The summed E-state index contributed by atoms with van der Waals surface area (Å²) in [5.74, 6) is 0. The topological polar surface area (TPSA) is 62.6 Å². The standard InChI is InChI=1S/C26H26N2O3S.ClH/c29-32(30,20-10-12-25-22(17-20)21-7-1-2-8-24(21)31-25)27-14-4-15-28-16-13-19-6-3-5-18-9-11-23(28)26(18)19;/h1-3,5-8,10,12,17,23,27H,4,9,11,13-16H2;1H. The summed E-state index contributed by atoms with van der Waals surface area (Å²) in [6.45, 7) is 2.40. The van der Waals surface area contributed by atoms with Crippen molar-refractivity contribution in [1.29, 1.82) is 0 Å². The van der Waals surface area contributed by atoms with Gasteiger partial charge in [-0.25, -0.2) is 13.1 Å². The number of rotatable bonds is 6. The Morgan fingerprint density at radius 2 is 1.73 bits per heavy atom. The Kier molecular flexibility index (Phi) is 5.95. The zero-order valence-electron chi connectivity index (χ0n) is 18.3. The van der Waals surface area contributed by atoms with E-state index in [1.807, 2.05) is 24.3 Å². The molecule has 0 saturated heterocycles. The minimum absolute atomic E-state index is 0. The molecule has 0 saturated carbocycles. The first kappa shape index (κ1) is 22.4. The summed E-state index contributed by atoms with van der Waals surface area (Å²) in [5, 5.41) is 1.76. The number of fused-ring (bicyclic) bond motifs is 3. The molecule has 0 bridgehead atoms. The van der Waals surface area contributed by atoms with Crippen molar-refractivity contribution in [1.82, 2.24) is 9.62 Å². The van der Waals surface area contributed by atoms with Crippen molar-refractivity contribution in [2.75, 3.05) is 19.6 Å². The van der Waals surface area contributed by atoms with Crippen molar-refractivity contribution >= 4 is 44.4 Å². The fraction of sp³-hybridized carbons (Fsp3) is 0.308. The van der Waals surface area contributed by atoms with Crippen molar-refractivity contribution in [2.45, 2.75) is 36.6 Å². The van der Waals surface area contributed by atoms with Gasteiger partial charge in [-0.15, -0.1) is 12.4 Å². The second-order valence-electron chi connectivity index (χ2n) is 8.84. The Bertz CT molecular complexity index is 1430. The third-order valence-electron chi connectivity index (χ3n) is 6.99. The molecular weight excluding hydrogens is 456 g/mol. The Hall–Kier alpha value is -2.38. The van der Waals surface area contributed by atoms with Gasteiger partial charge in [0, 0.05) is 36.4 Å². The van der Waals surface area contributed by atoms with Gasteiger partial charge in [0.1, 0.15) is 11.2 Å². The average Bonchev–Trinajstić information content (AvgIpc) is 3.41. The number of halogens is 1. The highest BCUT2D eigenvalue weighted by atomic mass is 35.5. The van der Waals surface area contributed by atoms with Crippen LogP contribution < -0.4 is 4.72 Å². The van der Waals surface area contributed by atoms with Crippen LogP contribution in [0.2, 0.25) is 0 Å². The van der Waals surface area contributed by atoms with Crippen molar-refractivity contribution in [3.8, 4) is 0 Å². The van der Waals surface area contributed by atoms with E-state index in [4.69, 9.17) is 4.42 Å². The zero-order chi connectivity index (χ0) is 21.7. The van der Waals surface area contributed by atoms with E-state index in [0.717, 1.165) is 48.7 Å². The predicted molar refractivity (Wildman–Crippen MR) is 134 cm³/mol. The summed E-state index contributed by atoms with van der Waals surface area (Å²) >= 11 is 0. The maximum Gasteiger partial charge on any atom is 0.240 e. The summed E-state index contributed by atoms with van der Waals surface area (Å²) in [6.07, 6.45) is 4.22. The number of benzene rings is 3. The largest absolute Gasteiger partial charge is 0.456 e. The van der Waals surface area contributed by atoms with Crippen molar-refractivity contribution < 1.29 is 12.8 Å². The number of hydrogen-bond donors (Lipinski definition) is 1. The Morgan fingerprint density at radius 1 is 0.939 bits per heavy atom. The smallest absolute Gasteiger partial charge is 0.240 e. The fourth-order valence-corrected chi connectivity index (χ4v) is 6.56. The molecule has 5 nitrogen and oxygen atoms in total. The second-order valence-corrected chi connectivity index (χ2v) is 10.6. The molecule has 0 radical (unpaired) electrons. The van der Waals surface area contributed by atoms with Gasteiger partial charge >= 0.3 is 0 Å². The van der Waals surface area contributed by atoms with Crippen LogP contribution in [0.25, 0.3) is 21.9 Å². The molecule has 2 aliphatic rings. The van der Waals surface area contributed by atoms with Crippen LogP contribution in [0.3, 0.4) is 0 Å². The number of hydrogen-bond acceptors (Lipinski definition) is 4. The molecule has 1 aromatic heterocycles. The van der Waals surface area contributed by atoms with Crippen molar-refractivity contribution in [3.63, 3.8) is 0 Å². The van der Waals surface area contributed by atoms with Crippen LogP contribution in [0.1, 0.15) is 35.6 Å². The molecule has 6 rings (SSSR count). The minimum atomic E-state index is -3.57. The summed E-state index contributed by atoms with van der Waals surface area (Å²) in [6, 6.07) is 20.0. The molecule has 1 N–H and O–H groups in total. The first-order valence-electron chi connectivity index (χ1n) is 11.4. The maximum atomic E-state index is 12.9. The van der Waals surface area contributed by atoms with Crippen LogP contribution in [-0.4, -0.2) is 33.0 Å². The zero-order valence-corrected chi connectivity index (χ0v) is 19.9. The Balaban J connectivity index is 0.00000228. The lowest BCUT2D eigenvalue weighted by Crippen LogP contribution is -2.36.